The maximum atomic E-state index is 12.4. The van der Waals surface area contributed by atoms with Crippen LogP contribution in [0.5, 0.6) is 0 Å². The van der Waals surface area contributed by atoms with E-state index in [9.17, 15) is 8.42 Å². The molecule has 2 atom stereocenters. The highest BCUT2D eigenvalue weighted by atomic mass is 32.2. The van der Waals surface area contributed by atoms with Gasteiger partial charge in [0.25, 0.3) is 10.0 Å². The van der Waals surface area contributed by atoms with Gasteiger partial charge in [-0.2, -0.15) is 4.31 Å². The molecule has 2 aliphatic rings. The smallest absolute Gasteiger partial charge is 0.252 e. The number of likely N-dealkylation sites (tertiary alicyclic amines) is 1. The standard InChI is InChI=1S/C17H28N4O2S2/c1-18-17(21-12-14-6-3-4-7-15(14)13-21)19-9-10-20(2)25(22,23)16-8-5-11-24-16/h5,8,11,14-15H,3-4,6-7,9-10,12-13H2,1-2H3,(H,18,19). The molecule has 1 aromatic heterocycles. The van der Waals surface area contributed by atoms with Crippen LogP contribution in [-0.4, -0.2) is 63.9 Å². The molecular formula is C17H28N4O2S2. The second-order valence-corrected chi connectivity index (χ2v) is 10.2. The number of hydrogen-bond donors (Lipinski definition) is 1. The number of nitrogens with one attached hydrogen (secondary N) is 1. The highest BCUT2D eigenvalue weighted by Gasteiger charge is 2.35. The van der Waals surface area contributed by atoms with Crippen LogP contribution in [0.25, 0.3) is 0 Å². The predicted octanol–water partition coefficient (Wildman–Crippen LogP) is 2.07. The number of aliphatic imine (C=N–C) groups is 1. The molecule has 25 heavy (non-hydrogen) atoms. The largest absolute Gasteiger partial charge is 0.355 e. The Morgan fingerprint density at radius 2 is 2.04 bits per heavy atom. The van der Waals surface area contributed by atoms with Gasteiger partial charge < -0.3 is 10.2 Å². The number of nitrogens with zero attached hydrogens (tertiary/aromatic N) is 3. The van der Waals surface area contributed by atoms with Crippen LogP contribution in [0.3, 0.4) is 0 Å². The molecule has 1 aromatic rings. The van der Waals surface area contributed by atoms with Crippen LogP contribution in [-0.2, 0) is 10.0 Å². The first-order valence-electron chi connectivity index (χ1n) is 8.98. The Bertz CT molecular complexity index is 674. The van der Waals surface area contributed by atoms with Crippen molar-refractivity contribution in [3.63, 3.8) is 0 Å². The van der Waals surface area contributed by atoms with Crippen molar-refractivity contribution in [2.24, 2.45) is 16.8 Å². The number of hydrogen-bond acceptors (Lipinski definition) is 4. The molecule has 8 heteroatoms. The van der Waals surface area contributed by atoms with E-state index in [2.05, 4.69) is 15.2 Å². The van der Waals surface area contributed by atoms with Gasteiger partial charge in [0.15, 0.2) is 5.96 Å². The van der Waals surface area contributed by atoms with Crippen molar-refractivity contribution >= 4 is 27.3 Å². The molecule has 2 heterocycles. The average molecular weight is 385 g/mol. The van der Waals surface area contributed by atoms with E-state index in [1.165, 1.54) is 41.3 Å². The van der Waals surface area contributed by atoms with Crippen LogP contribution < -0.4 is 5.32 Å². The first kappa shape index (κ1) is 18.7. The van der Waals surface area contributed by atoms with Crippen molar-refractivity contribution in [3.8, 4) is 0 Å². The fourth-order valence-electron chi connectivity index (χ4n) is 3.92. The van der Waals surface area contributed by atoms with Crippen LogP contribution >= 0.6 is 11.3 Å². The Morgan fingerprint density at radius 3 is 2.60 bits per heavy atom. The second-order valence-electron chi connectivity index (χ2n) is 6.94. The van der Waals surface area contributed by atoms with Crippen molar-refractivity contribution in [2.75, 3.05) is 40.3 Å². The summed E-state index contributed by atoms with van der Waals surface area (Å²) >= 11 is 1.25. The summed E-state index contributed by atoms with van der Waals surface area (Å²) in [4.78, 5) is 6.74. The van der Waals surface area contributed by atoms with Crippen molar-refractivity contribution in [2.45, 2.75) is 29.9 Å². The van der Waals surface area contributed by atoms with Crippen LogP contribution in [0, 0.1) is 11.8 Å². The minimum atomic E-state index is -3.38. The molecule has 1 aliphatic carbocycles. The van der Waals surface area contributed by atoms with Gasteiger partial charge in [0.05, 0.1) is 0 Å². The number of thiophene rings is 1. The summed E-state index contributed by atoms with van der Waals surface area (Å²) in [5, 5.41) is 5.13. The SMILES string of the molecule is CN=C(NCCN(C)S(=O)(=O)c1cccs1)N1CC2CCCCC2C1. The molecule has 1 saturated carbocycles. The van der Waals surface area contributed by atoms with Gasteiger partial charge in [-0.3, -0.25) is 4.99 Å². The summed E-state index contributed by atoms with van der Waals surface area (Å²) in [6.45, 7) is 3.13. The van der Waals surface area contributed by atoms with Gasteiger partial charge in [-0.15, -0.1) is 11.3 Å². The van der Waals surface area contributed by atoms with E-state index in [0.29, 0.717) is 17.3 Å². The molecule has 0 aromatic carbocycles. The van der Waals surface area contributed by atoms with Gasteiger partial charge in [-0.25, -0.2) is 8.42 Å². The van der Waals surface area contributed by atoms with Gasteiger partial charge >= 0.3 is 0 Å². The number of guanidine groups is 1. The van der Waals surface area contributed by atoms with E-state index < -0.39 is 10.0 Å². The maximum absolute atomic E-state index is 12.4. The summed E-state index contributed by atoms with van der Waals surface area (Å²) in [5.41, 5.74) is 0. The van der Waals surface area contributed by atoms with Gasteiger partial charge in [0, 0.05) is 40.3 Å². The summed E-state index contributed by atoms with van der Waals surface area (Å²) in [5.74, 6) is 2.50. The zero-order valence-corrected chi connectivity index (χ0v) is 16.7. The number of rotatable bonds is 5. The molecule has 0 radical (unpaired) electrons. The summed E-state index contributed by atoms with van der Waals surface area (Å²) in [7, 11) is 0.0527. The van der Waals surface area contributed by atoms with E-state index in [1.54, 1.807) is 31.6 Å². The molecule has 6 nitrogen and oxygen atoms in total. The van der Waals surface area contributed by atoms with Crippen molar-refractivity contribution < 1.29 is 8.42 Å². The molecule has 3 rings (SSSR count). The highest BCUT2D eigenvalue weighted by Crippen LogP contribution is 2.35. The third-order valence-electron chi connectivity index (χ3n) is 5.36. The minimum Gasteiger partial charge on any atom is -0.355 e. The van der Waals surface area contributed by atoms with Gasteiger partial charge in [-0.05, 0) is 36.1 Å². The summed E-state index contributed by atoms with van der Waals surface area (Å²) in [6, 6.07) is 3.41. The lowest BCUT2D eigenvalue weighted by atomic mass is 9.82. The Labute approximate surface area is 155 Å². The van der Waals surface area contributed by atoms with Crippen molar-refractivity contribution in [1.82, 2.24) is 14.5 Å². The topological polar surface area (TPSA) is 65.0 Å². The molecule has 2 unspecified atom stereocenters. The Hall–Kier alpha value is -1.12. The zero-order valence-electron chi connectivity index (χ0n) is 15.0. The first-order chi connectivity index (χ1) is 12.0. The molecule has 0 amide bonds. The molecule has 2 fully saturated rings. The van der Waals surface area contributed by atoms with E-state index in [-0.39, 0.29) is 0 Å². The lowest BCUT2D eigenvalue weighted by Gasteiger charge is -2.23. The lowest BCUT2D eigenvalue weighted by Crippen LogP contribution is -2.43. The van der Waals surface area contributed by atoms with E-state index in [0.717, 1.165) is 30.9 Å². The Morgan fingerprint density at radius 1 is 1.36 bits per heavy atom. The van der Waals surface area contributed by atoms with Gasteiger partial charge in [0.1, 0.15) is 4.21 Å². The van der Waals surface area contributed by atoms with Crippen molar-refractivity contribution in [3.05, 3.63) is 17.5 Å². The Kier molecular flexibility index (Phi) is 6.01. The van der Waals surface area contributed by atoms with Crippen molar-refractivity contribution in [1.29, 1.82) is 0 Å². The molecular weight excluding hydrogens is 356 g/mol. The fourth-order valence-corrected chi connectivity index (χ4v) is 6.29. The minimum absolute atomic E-state index is 0.392. The molecule has 1 aliphatic heterocycles. The monoisotopic (exact) mass is 384 g/mol. The highest BCUT2D eigenvalue weighted by molar-refractivity contribution is 7.91. The van der Waals surface area contributed by atoms with E-state index in [1.807, 2.05) is 0 Å². The van der Waals surface area contributed by atoms with E-state index >= 15 is 0 Å². The number of fused-ring (bicyclic) bond motifs is 1. The molecule has 140 valence electrons. The fraction of sp³-hybridized carbons (Fsp3) is 0.706. The molecule has 1 saturated heterocycles. The van der Waals surface area contributed by atoms with Crippen LogP contribution in [0.4, 0.5) is 0 Å². The lowest BCUT2D eigenvalue weighted by molar-refractivity contribution is 0.299. The average Bonchev–Trinajstić information content (AvgIpc) is 3.27. The van der Waals surface area contributed by atoms with E-state index in [4.69, 9.17) is 0 Å². The molecule has 0 spiro atoms. The third-order valence-corrected chi connectivity index (χ3v) is 8.59. The third kappa shape index (κ3) is 4.17. The quantitative estimate of drug-likeness (QED) is 0.623. The van der Waals surface area contributed by atoms with Crippen LogP contribution in [0.15, 0.2) is 26.7 Å². The summed E-state index contributed by atoms with van der Waals surface area (Å²) < 4.78 is 26.7. The predicted molar refractivity (Wildman–Crippen MR) is 103 cm³/mol. The normalized spacial score (nSPS) is 24.6. The first-order valence-corrected chi connectivity index (χ1v) is 11.3. The van der Waals surface area contributed by atoms with Gasteiger partial charge in [-0.1, -0.05) is 18.9 Å². The second kappa shape index (κ2) is 8.05. The van der Waals surface area contributed by atoms with Crippen LogP contribution in [0.2, 0.25) is 0 Å². The number of sulfonamides is 1. The summed E-state index contributed by atoms with van der Waals surface area (Å²) in [6.07, 6.45) is 5.37. The maximum Gasteiger partial charge on any atom is 0.252 e. The Balaban J connectivity index is 1.50. The van der Waals surface area contributed by atoms with Crippen LogP contribution in [0.1, 0.15) is 25.7 Å². The number of likely N-dealkylation sites (N-methyl/N-ethyl adjacent to an activating group) is 1. The zero-order chi connectivity index (χ0) is 17.9. The molecule has 1 N–H and O–H groups in total. The van der Waals surface area contributed by atoms with Gasteiger partial charge in [0.2, 0.25) is 0 Å². The molecule has 0 bridgehead atoms.